The van der Waals surface area contributed by atoms with Crippen LogP contribution in [0.4, 0.5) is 4.79 Å². The third kappa shape index (κ3) is 3.27. The molecule has 1 heterocycles. The average Bonchev–Trinajstić information content (AvgIpc) is 2.54. The van der Waals surface area contributed by atoms with Crippen molar-refractivity contribution in [3.05, 3.63) is 0 Å². The second-order valence-electron chi connectivity index (χ2n) is 5.34. The van der Waals surface area contributed by atoms with Crippen LogP contribution in [0, 0.1) is 11.5 Å². The maximum atomic E-state index is 11.6. The smallest absolute Gasteiger partial charge is 0.410 e. The number of carbonyl (C=O) groups excluding carboxylic acids is 1. The van der Waals surface area contributed by atoms with Gasteiger partial charge in [0.15, 0.2) is 0 Å². The van der Waals surface area contributed by atoms with Crippen LogP contribution in [-0.2, 0) is 4.74 Å². The number of nitrogens with zero attached hydrogens (tertiary/aromatic N) is 1. The third-order valence-corrected chi connectivity index (χ3v) is 3.56. The zero-order chi connectivity index (χ0) is 12.3. The normalized spacial score (nSPS) is 24.9. The highest BCUT2D eigenvalue weighted by Crippen LogP contribution is 2.24. The molecule has 0 radical (unpaired) electrons. The predicted molar refractivity (Wildman–Crippen MR) is 67.9 cm³/mol. The van der Waals surface area contributed by atoms with Gasteiger partial charge in [-0.2, -0.15) is 0 Å². The first-order valence-electron chi connectivity index (χ1n) is 5.74. The van der Waals surface area contributed by atoms with Crippen molar-refractivity contribution in [2.45, 2.75) is 51.5 Å². The van der Waals surface area contributed by atoms with Crippen molar-refractivity contribution in [2.24, 2.45) is 0 Å². The van der Waals surface area contributed by atoms with Crippen LogP contribution in [0.3, 0.4) is 0 Å². The molecule has 1 aliphatic rings. The first-order chi connectivity index (χ1) is 7.35. The Morgan fingerprint density at radius 3 is 2.50 bits per heavy atom. The first kappa shape index (κ1) is 13.1. The van der Waals surface area contributed by atoms with E-state index in [1.807, 2.05) is 6.92 Å². The lowest BCUT2D eigenvalue weighted by Gasteiger charge is -2.23. The van der Waals surface area contributed by atoms with Crippen molar-refractivity contribution in [3.8, 4) is 11.5 Å². The fourth-order valence-electron chi connectivity index (χ4n) is 1.84. The molecule has 0 aromatic carbocycles. The van der Waals surface area contributed by atoms with Crippen molar-refractivity contribution in [1.82, 2.24) is 4.90 Å². The zero-order valence-electron chi connectivity index (χ0n) is 10.8. The molecule has 0 spiro atoms. The van der Waals surface area contributed by atoms with E-state index in [1.54, 1.807) is 4.90 Å². The summed E-state index contributed by atoms with van der Waals surface area (Å²) in [6, 6.07) is 0.294. The third-order valence-electron chi connectivity index (χ3n) is 2.67. The number of amides is 1. The summed E-state index contributed by atoms with van der Waals surface area (Å²) in [4.78, 5) is 13.4. The van der Waals surface area contributed by atoms with Gasteiger partial charge >= 0.3 is 6.09 Å². The Morgan fingerprint density at radius 1 is 1.38 bits per heavy atom. The monoisotopic (exact) mass is 239 g/mol. The van der Waals surface area contributed by atoms with Crippen molar-refractivity contribution >= 4 is 14.2 Å². The summed E-state index contributed by atoms with van der Waals surface area (Å²) in [6.45, 7) is 8.68. The second-order valence-corrected chi connectivity index (χ2v) is 10.1. The molecule has 90 valence electrons. The lowest BCUT2D eigenvalue weighted by atomic mass is 10.2. The summed E-state index contributed by atoms with van der Waals surface area (Å²) in [7, 11) is 0.0657. The largest absolute Gasteiger partial charge is 0.453 e. The van der Waals surface area contributed by atoms with E-state index in [4.69, 9.17) is 4.74 Å². The standard InChI is InChI=1S/C12H21NO2Si/c1-10-6-7-11(8-9-16(3,4)5)13(10)12(14)15-2/h10-11H,6-7H2,1-5H3/t10-,11-/m1/s1. The van der Waals surface area contributed by atoms with Gasteiger partial charge in [-0.05, 0) is 19.8 Å². The van der Waals surface area contributed by atoms with Crippen molar-refractivity contribution < 1.29 is 9.53 Å². The number of likely N-dealkylation sites (tertiary alicyclic amines) is 1. The Balaban J connectivity index is 2.79. The molecular formula is C12H21NO2Si. The fraction of sp³-hybridized carbons (Fsp3) is 0.750. The molecule has 1 saturated heterocycles. The number of hydrogen-bond donors (Lipinski definition) is 0. The summed E-state index contributed by atoms with van der Waals surface area (Å²) in [6.07, 6.45) is 1.73. The number of rotatable bonds is 0. The summed E-state index contributed by atoms with van der Waals surface area (Å²) < 4.78 is 4.80. The van der Waals surface area contributed by atoms with Crippen LogP contribution in [-0.4, -0.2) is 38.3 Å². The molecule has 1 fully saturated rings. The molecule has 1 aliphatic heterocycles. The minimum absolute atomic E-state index is 0.0502. The molecule has 0 saturated carbocycles. The van der Waals surface area contributed by atoms with E-state index in [0.29, 0.717) is 0 Å². The number of ether oxygens (including phenoxy) is 1. The van der Waals surface area contributed by atoms with Gasteiger partial charge in [-0.25, -0.2) is 4.79 Å². The molecule has 16 heavy (non-hydrogen) atoms. The molecule has 1 rings (SSSR count). The molecule has 0 bridgehead atoms. The maximum absolute atomic E-state index is 11.6. The topological polar surface area (TPSA) is 29.5 Å². The minimum atomic E-state index is -1.36. The second kappa shape index (κ2) is 4.92. The average molecular weight is 239 g/mol. The Hall–Kier alpha value is -0.953. The Bertz CT molecular complexity index is 324. The maximum Gasteiger partial charge on any atom is 0.410 e. The predicted octanol–water partition coefficient (Wildman–Crippen LogP) is 2.49. The van der Waals surface area contributed by atoms with E-state index < -0.39 is 8.07 Å². The lowest BCUT2D eigenvalue weighted by Crippen LogP contribution is -2.39. The first-order valence-corrected chi connectivity index (χ1v) is 9.24. The molecule has 3 nitrogen and oxygen atoms in total. The molecule has 1 amide bonds. The van der Waals surface area contributed by atoms with E-state index >= 15 is 0 Å². The Labute approximate surface area is 99.2 Å². The van der Waals surface area contributed by atoms with Gasteiger partial charge in [0.2, 0.25) is 0 Å². The van der Waals surface area contributed by atoms with Crippen LogP contribution in [0.15, 0.2) is 0 Å². The molecule has 0 N–H and O–H groups in total. The van der Waals surface area contributed by atoms with Crippen molar-refractivity contribution in [2.75, 3.05) is 7.11 Å². The fourth-order valence-corrected chi connectivity index (χ4v) is 2.44. The Morgan fingerprint density at radius 2 is 2.00 bits per heavy atom. The highest BCUT2D eigenvalue weighted by molar-refractivity contribution is 6.83. The van der Waals surface area contributed by atoms with Gasteiger partial charge in [0, 0.05) is 6.04 Å². The van der Waals surface area contributed by atoms with E-state index in [0.717, 1.165) is 12.8 Å². The lowest BCUT2D eigenvalue weighted by molar-refractivity contribution is 0.114. The molecule has 0 unspecified atom stereocenters. The van der Waals surface area contributed by atoms with Crippen LogP contribution < -0.4 is 0 Å². The highest BCUT2D eigenvalue weighted by atomic mass is 28.3. The summed E-state index contributed by atoms with van der Waals surface area (Å²) >= 11 is 0. The number of carbonyl (C=O) groups is 1. The van der Waals surface area contributed by atoms with Gasteiger partial charge in [0.05, 0.1) is 13.2 Å². The SMILES string of the molecule is COC(=O)N1[C@H](C)CC[C@@H]1C#C[Si](C)(C)C. The molecular weight excluding hydrogens is 218 g/mol. The van der Waals surface area contributed by atoms with E-state index in [2.05, 4.69) is 31.1 Å². The number of methoxy groups -OCH3 is 1. The van der Waals surface area contributed by atoms with Gasteiger partial charge in [-0.3, -0.25) is 4.90 Å². The zero-order valence-corrected chi connectivity index (χ0v) is 11.8. The van der Waals surface area contributed by atoms with E-state index in [1.165, 1.54) is 7.11 Å². The van der Waals surface area contributed by atoms with E-state index in [9.17, 15) is 4.79 Å². The van der Waals surface area contributed by atoms with Crippen LogP contribution >= 0.6 is 0 Å². The van der Waals surface area contributed by atoms with Crippen LogP contribution in [0.1, 0.15) is 19.8 Å². The summed E-state index contributed by atoms with van der Waals surface area (Å²) in [5.74, 6) is 3.25. The summed E-state index contributed by atoms with van der Waals surface area (Å²) in [5.41, 5.74) is 3.33. The molecule has 2 atom stereocenters. The van der Waals surface area contributed by atoms with Gasteiger partial charge in [-0.15, -0.1) is 5.54 Å². The Kier molecular flexibility index (Phi) is 4.03. The minimum Gasteiger partial charge on any atom is -0.453 e. The quantitative estimate of drug-likeness (QED) is 0.480. The molecule has 0 aliphatic carbocycles. The van der Waals surface area contributed by atoms with Crippen LogP contribution in [0.5, 0.6) is 0 Å². The van der Waals surface area contributed by atoms with Crippen molar-refractivity contribution in [3.63, 3.8) is 0 Å². The van der Waals surface area contributed by atoms with Gasteiger partial charge in [0.25, 0.3) is 0 Å². The van der Waals surface area contributed by atoms with Gasteiger partial charge in [0.1, 0.15) is 8.07 Å². The van der Waals surface area contributed by atoms with Crippen molar-refractivity contribution in [1.29, 1.82) is 0 Å². The molecule has 0 aromatic rings. The van der Waals surface area contributed by atoms with Gasteiger partial charge < -0.3 is 4.74 Å². The van der Waals surface area contributed by atoms with Crippen LogP contribution in [0.25, 0.3) is 0 Å². The number of hydrogen-bond acceptors (Lipinski definition) is 2. The molecule has 0 aromatic heterocycles. The highest BCUT2D eigenvalue weighted by Gasteiger charge is 2.34. The van der Waals surface area contributed by atoms with Crippen LogP contribution in [0.2, 0.25) is 19.6 Å². The summed E-state index contributed by atoms with van der Waals surface area (Å²) in [5, 5.41) is 0. The van der Waals surface area contributed by atoms with Gasteiger partial charge in [-0.1, -0.05) is 25.6 Å². The van der Waals surface area contributed by atoms with E-state index in [-0.39, 0.29) is 18.2 Å². The molecule has 4 heteroatoms.